The van der Waals surface area contributed by atoms with Gasteiger partial charge in [0.2, 0.25) is 0 Å². The standard InChI is InChI=1S/C13H13O2P/c1-16-13-11(14)8-5-9-12(13)15-10-6-3-2-4-7-10/h2-9,14,16H,1H3. The highest BCUT2D eigenvalue weighted by molar-refractivity contribution is 7.46. The Morgan fingerprint density at radius 3 is 2.44 bits per heavy atom. The maximum atomic E-state index is 9.70. The fourth-order valence-electron chi connectivity index (χ4n) is 1.47. The van der Waals surface area contributed by atoms with Crippen LogP contribution in [0, 0.1) is 0 Å². The molecule has 82 valence electrons. The molecule has 0 aliphatic carbocycles. The van der Waals surface area contributed by atoms with E-state index in [1.165, 1.54) is 0 Å². The zero-order valence-corrected chi connectivity index (χ0v) is 9.97. The molecule has 0 fully saturated rings. The number of ether oxygens (including phenoxy) is 1. The Morgan fingerprint density at radius 1 is 1.00 bits per heavy atom. The molecule has 0 radical (unpaired) electrons. The number of hydrogen-bond acceptors (Lipinski definition) is 2. The molecule has 2 aromatic carbocycles. The van der Waals surface area contributed by atoms with Gasteiger partial charge in [0, 0.05) is 0 Å². The first kappa shape index (κ1) is 11.0. The van der Waals surface area contributed by atoms with Gasteiger partial charge in [-0.3, -0.25) is 0 Å². The Labute approximate surface area is 96.7 Å². The van der Waals surface area contributed by atoms with E-state index in [2.05, 4.69) is 0 Å². The Bertz CT molecular complexity index is 469. The summed E-state index contributed by atoms with van der Waals surface area (Å²) >= 11 is 0. The molecular weight excluding hydrogens is 219 g/mol. The van der Waals surface area contributed by atoms with Crippen LogP contribution in [-0.2, 0) is 0 Å². The molecule has 3 heteroatoms. The van der Waals surface area contributed by atoms with Crippen LogP contribution in [0.3, 0.4) is 0 Å². The minimum absolute atomic E-state index is 0.300. The zero-order valence-electron chi connectivity index (χ0n) is 8.97. The topological polar surface area (TPSA) is 29.5 Å². The van der Waals surface area contributed by atoms with Crippen LogP contribution in [0.15, 0.2) is 48.5 Å². The van der Waals surface area contributed by atoms with E-state index in [1.54, 1.807) is 12.1 Å². The van der Waals surface area contributed by atoms with Crippen LogP contribution in [-0.4, -0.2) is 11.8 Å². The van der Waals surface area contributed by atoms with Gasteiger partial charge in [-0.05, 0) is 30.9 Å². The van der Waals surface area contributed by atoms with Crippen molar-refractivity contribution < 1.29 is 9.84 Å². The lowest BCUT2D eigenvalue weighted by Crippen LogP contribution is -2.00. The van der Waals surface area contributed by atoms with E-state index in [9.17, 15) is 5.11 Å². The number of benzene rings is 2. The third-order valence-electron chi connectivity index (χ3n) is 2.23. The quantitative estimate of drug-likeness (QED) is 0.824. The van der Waals surface area contributed by atoms with Crippen molar-refractivity contribution in [3.63, 3.8) is 0 Å². The molecule has 0 heterocycles. The Hall–Kier alpha value is -1.53. The molecule has 0 bridgehead atoms. The molecule has 0 aliphatic heterocycles. The molecule has 1 unspecified atom stereocenters. The van der Waals surface area contributed by atoms with Crippen LogP contribution >= 0.6 is 8.58 Å². The summed E-state index contributed by atoms with van der Waals surface area (Å²) in [6.07, 6.45) is 0. The van der Waals surface area contributed by atoms with Gasteiger partial charge in [-0.2, -0.15) is 0 Å². The number of rotatable bonds is 3. The van der Waals surface area contributed by atoms with Crippen molar-refractivity contribution in [2.45, 2.75) is 0 Å². The lowest BCUT2D eigenvalue weighted by molar-refractivity contribution is 0.463. The fourth-order valence-corrected chi connectivity index (χ4v) is 2.19. The summed E-state index contributed by atoms with van der Waals surface area (Å²) in [7, 11) is 0.504. The van der Waals surface area contributed by atoms with E-state index in [0.29, 0.717) is 14.3 Å². The van der Waals surface area contributed by atoms with Crippen LogP contribution in [0.1, 0.15) is 0 Å². The first-order valence-electron chi connectivity index (χ1n) is 5.04. The second kappa shape index (κ2) is 5.00. The van der Waals surface area contributed by atoms with Crippen LogP contribution in [0.25, 0.3) is 0 Å². The molecule has 16 heavy (non-hydrogen) atoms. The molecule has 0 amide bonds. The zero-order chi connectivity index (χ0) is 11.4. The Balaban J connectivity index is 2.31. The molecule has 0 aromatic heterocycles. The second-order valence-electron chi connectivity index (χ2n) is 3.32. The van der Waals surface area contributed by atoms with Crippen molar-refractivity contribution in [1.29, 1.82) is 0 Å². The third-order valence-corrected chi connectivity index (χ3v) is 3.23. The third kappa shape index (κ3) is 2.34. The molecule has 1 N–H and O–H groups in total. The SMILES string of the molecule is CPc1c(O)cccc1Oc1ccccc1. The van der Waals surface area contributed by atoms with Gasteiger partial charge >= 0.3 is 0 Å². The highest BCUT2D eigenvalue weighted by Crippen LogP contribution is 2.27. The average molecular weight is 232 g/mol. The van der Waals surface area contributed by atoms with Gasteiger partial charge < -0.3 is 9.84 Å². The summed E-state index contributed by atoms with van der Waals surface area (Å²) in [5.74, 6) is 1.81. The van der Waals surface area contributed by atoms with Crippen LogP contribution in [0.2, 0.25) is 0 Å². The normalized spacial score (nSPS) is 10.8. The van der Waals surface area contributed by atoms with E-state index < -0.39 is 0 Å². The summed E-state index contributed by atoms with van der Waals surface area (Å²) in [5.41, 5.74) is 0. The van der Waals surface area contributed by atoms with Crippen molar-refractivity contribution in [1.82, 2.24) is 0 Å². The van der Waals surface area contributed by atoms with Crippen molar-refractivity contribution in [2.75, 3.05) is 6.66 Å². The Kier molecular flexibility index (Phi) is 3.43. The number of phenolic OH excluding ortho intramolecular Hbond substituents is 1. The average Bonchev–Trinajstić information content (AvgIpc) is 2.31. The van der Waals surface area contributed by atoms with E-state index in [1.807, 2.05) is 43.1 Å². The molecule has 0 aliphatic rings. The first-order chi connectivity index (χ1) is 7.81. The highest BCUT2D eigenvalue weighted by atomic mass is 31.1. The van der Waals surface area contributed by atoms with Gasteiger partial charge in [0.05, 0.1) is 5.30 Å². The summed E-state index contributed by atoms with van der Waals surface area (Å²) in [4.78, 5) is 0. The van der Waals surface area contributed by atoms with Crippen molar-refractivity contribution >= 4 is 13.9 Å². The van der Waals surface area contributed by atoms with E-state index in [0.717, 1.165) is 16.8 Å². The molecule has 2 aromatic rings. The number of para-hydroxylation sites is 1. The predicted octanol–water partition coefficient (Wildman–Crippen LogP) is 3.12. The largest absolute Gasteiger partial charge is 0.507 e. The summed E-state index contributed by atoms with van der Waals surface area (Å²) in [6.45, 7) is 2.02. The molecule has 2 rings (SSSR count). The second-order valence-corrected chi connectivity index (χ2v) is 4.32. The maximum Gasteiger partial charge on any atom is 0.138 e. The summed E-state index contributed by atoms with van der Waals surface area (Å²) < 4.78 is 5.73. The van der Waals surface area contributed by atoms with Crippen LogP contribution in [0.4, 0.5) is 0 Å². The molecule has 0 spiro atoms. The molecule has 2 nitrogen and oxygen atoms in total. The molecular formula is C13H13O2P. The van der Waals surface area contributed by atoms with Gasteiger partial charge in [0.1, 0.15) is 17.2 Å². The predicted molar refractivity (Wildman–Crippen MR) is 68.5 cm³/mol. The number of phenols is 1. The van der Waals surface area contributed by atoms with Gasteiger partial charge in [0.15, 0.2) is 0 Å². The van der Waals surface area contributed by atoms with Gasteiger partial charge in [-0.25, -0.2) is 0 Å². The van der Waals surface area contributed by atoms with E-state index in [4.69, 9.17) is 4.74 Å². The number of hydrogen-bond donors (Lipinski definition) is 1. The summed E-state index contributed by atoms with van der Waals surface area (Å²) in [5, 5.41) is 10.6. The van der Waals surface area contributed by atoms with Crippen molar-refractivity contribution in [3.05, 3.63) is 48.5 Å². The van der Waals surface area contributed by atoms with Gasteiger partial charge in [0.25, 0.3) is 0 Å². The first-order valence-corrected chi connectivity index (χ1v) is 6.54. The Morgan fingerprint density at radius 2 is 1.75 bits per heavy atom. The number of aromatic hydroxyl groups is 1. The lowest BCUT2D eigenvalue weighted by Gasteiger charge is -2.10. The molecule has 1 atom stereocenters. The highest BCUT2D eigenvalue weighted by Gasteiger charge is 2.07. The van der Waals surface area contributed by atoms with Crippen LogP contribution in [0.5, 0.6) is 17.2 Å². The fraction of sp³-hybridized carbons (Fsp3) is 0.0769. The smallest absolute Gasteiger partial charge is 0.138 e. The van der Waals surface area contributed by atoms with E-state index in [-0.39, 0.29) is 0 Å². The molecule has 0 saturated heterocycles. The van der Waals surface area contributed by atoms with Gasteiger partial charge in [-0.15, -0.1) is 0 Å². The monoisotopic (exact) mass is 232 g/mol. The maximum absolute atomic E-state index is 9.70. The van der Waals surface area contributed by atoms with Crippen LogP contribution < -0.4 is 10.0 Å². The minimum Gasteiger partial charge on any atom is -0.507 e. The lowest BCUT2D eigenvalue weighted by atomic mass is 10.3. The van der Waals surface area contributed by atoms with Crippen molar-refractivity contribution in [3.8, 4) is 17.2 Å². The van der Waals surface area contributed by atoms with E-state index >= 15 is 0 Å². The van der Waals surface area contributed by atoms with Gasteiger partial charge in [-0.1, -0.05) is 32.8 Å². The molecule has 0 saturated carbocycles. The summed E-state index contributed by atoms with van der Waals surface area (Å²) in [6, 6.07) is 14.9. The van der Waals surface area contributed by atoms with Crippen molar-refractivity contribution in [2.24, 2.45) is 0 Å². The minimum atomic E-state index is 0.300.